The lowest BCUT2D eigenvalue weighted by Gasteiger charge is -2.35. The molecule has 2 saturated heterocycles. The number of tetrazole rings is 1. The Kier molecular flexibility index (Phi) is 8.60. The molecular weight excluding hydrogens is 384 g/mol. The van der Waals surface area contributed by atoms with E-state index in [-0.39, 0.29) is 17.9 Å². The van der Waals surface area contributed by atoms with Gasteiger partial charge in [-0.3, -0.25) is 14.5 Å². The van der Waals surface area contributed by atoms with Gasteiger partial charge in [-0.1, -0.05) is 6.92 Å². The molecule has 0 saturated carbocycles. The van der Waals surface area contributed by atoms with E-state index >= 15 is 0 Å². The largest absolute Gasteiger partial charge is 0.466 e. The van der Waals surface area contributed by atoms with Gasteiger partial charge in [0.25, 0.3) is 0 Å². The van der Waals surface area contributed by atoms with Gasteiger partial charge >= 0.3 is 5.97 Å². The maximum Gasteiger partial charge on any atom is 0.307 e. The first kappa shape index (κ1) is 22.7. The molecule has 3 rings (SSSR count). The number of aryl methyl sites for hydroxylation is 1. The van der Waals surface area contributed by atoms with E-state index in [0.717, 1.165) is 57.2 Å². The van der Waals surface area contributed by atoms with Crippen LogP contribution in [0.4, 0.5) is 0 Å². The zero-order valence-electron chi connectivity index (χ0n) is 18.5. The monoisotopic (exact) mass is 420 g/mol. The Balaban J connectivity index is 1.46. The molecule has 0 bridgehead atoms. The van der Waals surface area contributed by atoms with E-state index in [9.17, 15) is 9.59 Å². The molecule has 0 N–H and O–H groups in total. The van der Waals surface area contributed by atoms with E-state index in [4.69, 9.17) is 4.74 Å². The minimum Gasteiger partial charge on any atom is -0.466 e. The van der Waals surface area contributed by atoms with Crippen LogP contribution in [0.5, 0.6) is 0 Å². The maximum absolute atomic E-state index is 12.8. The number of hydrogen-bond acceptors (Lipinski definition) is 7. The smallest absolute Gasteiger partial charge is 0.307 e. The zero-order chi connectivity index (χ0) is 21.3. The average molecular weight is 421 g/mol. The van der Waals surface area contributed by atoms with Crippen LogP contribution in [0.3, 0.4) is 0 Å². The number of nitrogens with zero attached hydrogens (tertiary/aromatic N) is 6. The Morgan fingerprint density at radius 2 is 1.93 bits per heavy atom. The van der Waals surface area contributed by atoms with Crippen LogP contribution in [0.1, 0.15) is 71.0 Å². The highest BCUT2D eigenvalue weighted by atomic mass is 16.5. The molecule has 0 aliphatic carbocycles. The van der Waals surface area contributed by atoms with E-state index in [1.165, 1.54) is 12.8 Å². The summed E-state index contributed by atoms with van der Waals surface area (Å²) >= 11 is 0. The number of aromatic nitrogens is 4. The molecule has 30 heavy (non-hydrogen) atoms. The molecule has 0 aromatic carbocycles. The molecule has 3 heterocycles. The molecule has 1 amide bonds. The molecule has 2 aliphatic rings. The Hall–Kier alpha value is -2.03. The Bertz CT molecular complexity index is 686. The molecule has 1 atom stereocenters. The number of ether oxygens (including phenoxy) is 1. The van der Waals surface area contributed by atoms with Crippen molar-refractivity contribution in [3.8, 4) is 0 Å². The number of rotatable bonds is 9. The van der Waals surface area contributed by atoms with Crippen LogP contribution in [0, 0.1) is 5.92 Å². The van der Waals surface area contributed by atoms with Crippen molar-refractivity contribution in [1.82, 2.24) is 30.0 Å². The number of carbonyl (C=O) groups excluding carboxylic acids is 2. The summed E-state index contributed by atoms with van der Waals surface area (Å²) in [5.41, 5.74) is 0. The van der Waals surface area contributed by atoms with Crippen LogP contribution in [0.25, 0.3) is 0 Å². The fraction of sp³-hybridized carbons (Fsp3) is 0.857. The van der Waals surface area contributed by atoms with Gasteiger partial charge in [0.15, 0.2) is 5.82 Å². The first-order chi connectivity index (χ1) is 14.6. The van der Waals surface area contributed by atoms with Crippen molar-refractivity contribution in [2.75, 3.05) is 26.2 Å². The minimum atomic E-state index is -0.215. The quantitative estimate of drug-likeness (QED) is 0.564. The second-order valence-electron chi connectivity index (χ2n) is 8.63. The van der Waals surface area contributed by atoms with Gasteiger partial charge in [0.05, 0.1) is 19.6 Å². The van der Waals surface area contributed by atoms with Gasteiger partial charge in [-0.15, -0.1) is 5.10 Å². The summed E-state index contributed by atoms with van der Waals surface area (Å²) in [5, 5.41) is 12.2. The van der Waals surface area contributed by atoms with Gasteiger partial charge in [-0.05, 0) is 74.9 Å². The molecule has 1 aromatic heterocycles. The SMILES string of the molecule is CCOC(=O)C[C@H]1CCCCN1C(=O)CCCn1nnnc1CN1CCC(C)CC1. The van der Waals surface area contributed by atoms with E-state index < -0.39 is 0 Å². The number of hydrogen-bond donors (Lipinski definition) is 0. The molecule has 1 aromatic rings. The zero-order valence-corrected chi connectivity index (χ0v) is 18.5. The number of likely N-dealkylation sites (tertiary alicyclic amines) is 2. The Labute approximate surface area is 179 Å². The van der Waals surface area contributed by atoms with Crippen LogP contribution < -0.4 is 0 Å². The molecule has 0 spiro atoms. The van der Waals surface area contributed by atoms with Crippen molar-refractivity contribution in [2.45, 2.75) is 84.3 Å². The third kappa shape index (κ3) is 6.48. The van der Waals surface area contributed by atoms with Crippen LogP contribution >= 0.6 is 0 Å². The maximum atomic E-state index is 12.8. The van der Waals surface area contributed by atoms with Crippen LogP contribution in [0.2, 0.25) is 0 Å². The number of piperidine rings is 2. The van der Waals surface area contributed by atoms with Gasteiger partial charge in [0, 0.05) is 25.6 Å². The van der Waals surface area contributed by atoms with Crippen molar-refractivity contribution in [3.05, 3.63) is 5.82 Å². The number of amides is 1. The van der Waals surface area contributed by atoms with Gasteiger partial charge < -0.3 is 9.64 Å². The van der Waals surface area contributed by atoms with Crippen molar-refractivity contribution in [3.63, 3.8) is 0 Å². The third-order valence-corrected chi connectivity index (χ3v) is 6.26. The summed E-state index contributed by atoms with van der Waals surface area (Å²) in [4.78, 5) is 29.0. The highest BCUT2D eigenvalue weighted by molar-refractivity contribution is 5.78. The Morgan fingerprint density at radius 1 is 1.13 bits per heavy atom. The summed E-state index contributed by atoms with van der Waals surface area (Å²) in [5.74, 6) is 1.57. The molecule has 0 unspecified atom stereocenters. The van der Waals surface area contributed by atoms with Crippen LogP contribution in [0.15, 0.2) is 0 Å². The summed E-state index contributed by atoms with van der Waals surface area (Å²) in [6.45, 7) is 8.79. The van der Waals surface area contributed by atoms with Crippen molar-refractivity contribution in [2.24, 2.45) is 5.92 Å². The summed E-state index contributed by atoms with van der Waals surface area (Å²) in [6, 6.07) is -0.0320. The lowest BCUT2D eigenvalue weighted by atomic mass is 9.98. The first-order valence-electron chi connectivity index (χ1n) is 11.5. The standard InChI is InChI=1S/C21H36N6O3/c1-3-30-21(29)15-18-7-4-5-11-26(18)20(28)8-6-12-27-19(22-23-24-27)16-25-13-9-17(2)10-14-25/h17-18H,3-16H2,1-2H3/t18-/m1/s1. The first-order valence-corrected chi connectivity index (χ1v) is 11.5. The van der Waals surface area contributed by atoms with Crippen LogP contribution in [-0.2, 0) is 27.4 Å². The van der Waals surface area contributed by atoms with Crippen molar-refractivity contribution >= 4 is 11.9 Å². The van der Waals surface area contributed by atoms with Gasteiger partial charge in [-0.25, -0.2) is 4.68 Å². The lowest BCUT2D eigenvalue weighted by Crippen LogP contribution is -2.45. The highest BCUT2D eigenvalue weighted by Gasteiger charge is 2.28. The molecule has 168 valence electrons. The second kappa shape index (κ2) is 11.4. The lowest BCUT2D eigenvalue weighted by molar-refractivity contribution is -0.146. The summed E-state index contributed by atoms with van der Waals surface area (Å²) < 4.78 is 6.91. The summed E-state index contributed by atoms with van der Waals surface area (Å²) in [6.07, 6.45) is 6.79. The normalized spacial score (nSPS) is 21.0. The number of carbonyl (C=O) groups is 2. The molecule has 9 nitrogen and oxygen atoms in total. The van der Waals surface area contributed by atoms with E-state index in [0.29, 0.717) is 32.4 Å². The Morgan fingerprint density at radius 3 is 2.70 bits per heavy atom. The molecule has 0 radical (unpaired) electrons. The molecule has 2 aliphatic heterocycles. The van der Waals surface area contributed by atoms with E-state index in [1.807, 2.05) is 9.58 Å². The topological polar surface area (TPSA) is 93.5 Å². The molecule has 9 heteroatoms. The van der Waals surface area contributed by atoms with Gasteiger partial charge in [0.2, 0.25) is 5.91 Å². The van der Waals surface area contributed by atoms with Gasteiger partial charge in [0.1, 0.15) is 0 Å². The van der Waals surface area contributed by atoms with Crippen molar-refractivity contribution in [1.29, 1.82) is 0 Å². The van der Waals surface area contributed by atoms with E-state index in [2.05, 4.69) is 27.3 Å². The predicted octanol–water partition coefficient (Wildman–Crippen LogP) is 2.02. The average Bonchev–Trinajstić information content (AvgIpc) is 3.17. The second-order valence-corrected chi connectivity index (χ2v) is 8.63. The fourth-order valence-corrected chi connectivity index (χ4v) is 4.41. The molecule has 2 fully saturated rings. The predicted molar refractivity (Wildman–Crippen MR) is 111 cm³/mol. The summed E-state index contributed by atoms with van der Waals surface area (Å²) in [7, 11) is 0. The van der Waals surface area contributed by atoms with Crippen LogP contribution in [-0.4, -0.2) is 74.2 Å². The molecular formula is C21H36N6O3. The highest BCUT2D eigenvalue weighted by Crippen LogP contribution is 2.22. The minimum absolute atomic E-state index is 0.0320. The van der Waals surface area contributed by atoms with Gasteiger partial charge in [-0.2, -0.15) is 0 Å². The van der Waals surface area contributed by atoms with Crippen molar-refractivity contribution < 1.29 is 14.3 Å². The van der Waals surface area contributed by atoms with E-state index in [1.54, 1.807) is 6.92 Å². The third-order valence-electron chi connectivity index (χ3n) is 6.26. The number of esters is 1. The fourth-order valence-electron chi connectivity index (χ4n) is 4.41.